The smallest absolute Gasteiger partial charge is 0.162 e. The van der Waals surface area contributed by atoms with Crippen molar-refractivity contribution in [1.82, 2.24) is 0 Å². The quantitative estimate of drug-likeness (QED) is 0.324. The van der Waals surface area contributed by atoms with E-state index in [1.165, 1.54) is 6.07 Å². The molecule has 1 saturated carbocycles. The molecule has 1 fully saturated rings. The van der Waals surface area contributed by atoms with E-state index in [-0.39, 0.29) is 18.3 Å². The van der Waals surface area contributed by atoms with E-state index in [1.807, 2.05) is 37.3 Å². The molecule has 3 aromatic rings. The second-order valence-corrected chi connectivity index (χ2v) is 9.54. The van der Waals surface area contributed by atoms with Gasteiger partial charge < -0.3 is 4.74 Å². The molecule has 0 aliphatic heterocycles. The van der Waals surface area contributed by atoms with Crippen LogP contribution in [0.3, 0.4) is 0 Å². The minimum atomic E-state index is -0.699. The predicted molar refractivity (Wildman–Crippen MR) is 131 cm³/mol. The van der Waals surface area contributed by atoms with Crippen LogP contribution in [0.1, 0.15) is 67.7 Å². The maximum Gasteiger partial charge on any atom is 0.162 e. The van der Waals surface area contributed by atoms with Crippen molar-refractivity contribution in [2.24, 2.45) is 5.92 Å². The van der Waals surface area contributed by atoms with Gasteiger partial charge in [-0.3, -0.25) is 0 Å². The van der Waals surface area contributed by atoms with Gasteiger partial charge in [0.25, 0.3) is 0 Å². The lowest BCUT2D eigenvalue weighted by Crippen LogP contribution is -2.13. The van der Waals surface area contributed by atoms with Crippen molar-refractivity contribution in [3.8, 4) is 11.1 Å². The summed E-state index contributed by atoms with van der Waals surface area (Å²) >= 11 is 0. The van der Waals surface area contributed by atoms with Gasteiger partial charge in [-0.25, -0.2) is 13.2 Å². The molecule has 0 atom stereocenters. The Labute approximate surface area is 201 Å². The van der Waals surface area contributed by atoms with E-state index in [2.05, 4.69) is 6.92 Å². The van der Waals surface area contributed by atoms with E-state index in [0.717, 1.165) is 42.4 Å². The third kappa shape index (κ3) is 5.72. The summed E-state index contributed by atoms with van der Waals surface area (Å²) in [5.41, 5.74) is 4.24. The van der Waals surface area contributed by atoms with Crippen LogP contribution in [0.4, 0.5) is 13.2 Å². The lowest BCUT2D eigenvalue weighted by atomic mass is 9.79. The number of rotatable bonds is 8. The minimum Gasteiger partial charge on any atom is -0.377 e. The zero-order valence-corrected chi connectivity index (χ0v) is 20.0. The zero-order valence-electron chi connectivity index (χ0n) is 20.0. The largest absolute Gasteiger partial charge is 0.377 e. The maximum atomic E-state index is 14.8. The molecule has 1 aliphatic rings. The first-order chi connectivity index (χ1) is 16.5. The molecule has 0 N–H and O–H groups in total. The Morgan fingerprint density at radius 3 is 2.12 bits per heavy atom. The molecule has 0 spiro atoms. The topological polar surface area (TPSA) is 9.23 Å². The lowest BCUT2D eigenvalue weighted by molar-refractivity contribution is 0.131. The highest BCUT2D eigenvalue weighted by atomic mass is 19.2. The maximum absolute atomic E-state index is 14.8. The first kappa shape index (κ1) is 24.5. The second kappa shape index (κ2) is 11.2. The highest BCUT2D eigenvalue weighted by Crippen LogP contribution is 2.37. The fraction of sp³-hybridized carbons (Fsp3) is 0.400. The molecule has 0 aromatic heterocycles. The van der Waals surface area contributed by atoms with Crippen molar-refractivity contribution < 1.29 is 17.9 Å². The number of halogens is 3. The molecule has 0 radical (unpaired) electrons. The zero-order chi connectivity index (χ0) is 24.1. The summed E-state index contributed by atoms with van der Waals surface area (Å²) in [4.78, 5) is 0. The molecule has 180 valence electrons. The molecule has 0 amide bonds. The SMILES string of the molecule is CCOCc1ccc(-c2ccc(CCc3ccc(C4CCC(C)CC4)c(F)c3F)cc2)cc1F. The van der Waals surface area contributed by atoms with Crippen LogP contribution in [0.15, 0.2) is 54.6 Å². The van der Waals surface area contributed by atoms with Gasteiger partial charge in [0, 0.05) is 12.2 Å². The lowest BCUT2D eigenvalue weighted by Gasteiger charge is -2.27. The van der Waals surface area contributed by atoms with Crippen molar-refractivity contribution in [2.75, 3.05) is 6.61 Å². The molecule has 4 heteroatoms. The Morgan fingerprint density at radius 1 is 0.765 bits per heavy atom. The summed E-state index contributed by atoms with van der Waals surface area (Å²) in [7, 11) is 0. The van der Waals surface area contributed by atoms with Crippen LogP contribution in [-0.2, 0) is 24.2 Å². The van der Waals surface area contributed by atoms with E-state index in [1.54, 1.807) is 18.2 Å². The Bertz CT molecular complexity index is 1100. The number of hydrogen-bond donors (Lipinski definition) is 0. The molecule has 34 heavy (non-hydrogen) atoms. The average molecular weight is 467 g/mol. The average Bonchev–Trinajstić information content (AvgIpc) is 2.85. The van der Waals surface area contributed by atoms with Crippen molar-refractivity contribution in [1.29, 1.82) is 0 Å². The molecule has 3 aromatic carbocycles. The van der Waals surface area contributed by atoms with E-state index < -0.39 is 11.6 Å². The van der Waals surface area contributed by atoms with Crippen LogP contribution < -0.4 is 0 Å². The van der Waals surface area contributed by atoms with Gasteiger partial charge in [-0.2, -0.15) is 0 Å². The van der Waals surface area contributed by atoms with Crippen molar-refractivity contribution in [2.45, 2.75) is 64.9 Å². The molecular weight excluding hydrogens is 433 g/mol. The van der Waals surface area contributed by atoms with Gasteiger partial charge in [0.05, 0.1) is 6.61 Å². The van der Waals surface area contributed by atoms with Crippen molar-refractivity contribution in [3.05, 3.63) is 94.3 Å². The molecule has 0 heterocycles. The van der Waals surface area contributed by atoms with Crippen LogP contribution in [0.25, 0.3) is 11.1 Å². The first-order valence-electron chi connectivity index (χ1n) is 12.4. The van der Waals surface area contributed by atoms with E-state index in [9.17, 15) is 13.2 Å². The summed E-state index contributed by atoms with van der Waals surface area (Å²) in [6, 6.07) is 16.5. The molecule has 0 unspecified atom stereocenters. The van der Waals surface area contributed by atoms with Crippen LogP contribution in [0.2, 0.25) is 0 Å². The number of benzene rings is 3. The number of ether oxygens (including phenoxy) is 1. The number of aryl methyl sites for hydroxylation is 2. The van der Waals surface area contributed by atoms with Gasteiger partial charge in [0.15, 0.2) is 11.6 Å². The molecule has 0 bridgehead atoms. The summed E-state index contributed by atoms with van der Waals surface area (Å²) in [5, 5.41) is 0. The van der Waals surface area contributed by atoms with Crippen LogP contribution in [0.5, 0.6) is 0 Å². The highest BCUT2D eigenvalue weighted by molar-refractivity contribution is 5.64. The van der Waals surface area contributed by atoms with Crippen LogP contribution in [-0.4, -0.2) is 6.61 Å². The van der Waals surface area contributed by atoms with Gasteiger partial charge in [-0.1, -0.05) is 68.3 Å². The van der Waals surface area contributed by atoms with Gasteiger partial charge in [-0.05, 0) is 78.3 Å². The van der Waals surface area contributed by atoms with Crippen molar-refractivity contribution in [3.63, 3.8) is 0 Å². The van der Waals surface area contributed by atoms with Gasteiger partial charge in [0.1, 0.15) is 5.82 Å². The normalized spacial score (nSPS) is 18.3. The molecule has 1 aliphatic carbocycles. The van der Waals surface area contributed by atoms with Crippen LogP contribution in [0, 0.1) is 23.4 Å². The molecular formula is C30H33F3O. The summed E-state index contributed by atoms with van der Waals surface area (Å²) in [5.74, 6) is -0.838. The third-order valence-electron chi connectivity index (χ3n) is 7.13. The number of hydrogen-bond acceptors (Lipinski definition) is 1. The molecule has 4 rings (SSSR count). The van der Waals surface area contributed by atoms with Gasteiger partial charge in [-0.15, -0.1) is 0 Å². The van der Waals surface area contributed by atoms with Gasteiger partial charge >= 0.3 is 0 Å². The summed E-state index contributed by atoms with van der Waals surface area (Å²) < 4.78 is 49.3. The predicted octanol–water partition coefficient (Wildman–Crippen LogP) is 8.39. The standard InChI is InChI=1S/C30H33F3O/c1-3-34-19-26-15-14-25(18-28(26)31)22-11-6-21(7-12-22)8-13-24-16-17-27(30(33)29(24)32)23-9-4-20(2)5-10-23/h6-7,11-12,14-18,20,23H,3-5,8-10,13,19H2,1-2H3. The molecule has 1 nitrogen and oxygen atoms in total. The van der Waals surface area contributed by atoms with E-state index in [4.69, 9.17) is 4.74 Å². The van der Waals surface area contributed by atoms with E-state index in [0.29, 0.717) is 42.1 Å². The van der Waals surface area contributed by atoms with Crippen molar-refractivity contribution >= 4 is 0 Å². The first-order valence-corrected chi connectivity index (χ1v) is 12.4. The minimum absolute atomic E-state index is 0.130. The Hall–Kier alpha value is -2.59. The second-order valence-electron chi connectivity index (χ2n) is 9.54. The Morgan fingerprint density at radius 2 is 1.44 bits per heavy atom. The van der Waals surface area contributed by atoms with Gasteiger partial charge in [0.2, 0.25) is 0 Å². The highest BCUT2D eigenvalue weighted by Gasteiger charge is 2.24. The third-order valence-corrected chi connectivity index (χ3v) is 7.13. The van der Waals surface area contributed by atoms with Crippen LogP contribution >= 0.6 is 0 Å². The van der Waals surface area contributed by atoms with E-state index >= 15 is 0 Å². The Balaban J connectivity index is 1.40. The Kier molecular flexibility index (Phi) is 8.10. The fourth-order valence-corrected chi connectivity index (χ4v) is 4.88. The summed E-state index contributed by atoms with van der Waals surface area (Å²) in [6.07, 6.45) is 5.06. The summed E-state index contributed by atoms with van der Waals surface area (Å²) in [6.45, 7) is 4.91. The monoisotopic (exact) mass is 466 g/mol. The molecule has 0 saturated heterocycles. The fourth-order valence-electron chi connectivity index (χ4n) is 4.88.